The van der Waals surface area contributed by atoms with Crippen LogP contribution in [0.25, 0.3) is 0 Å². The zero-order valence-corrected chi connectivity index (χ0v) is 9.91. The van der Waals surface area contributed by atoms with Gasteiger partial charge in [-0.15, -0.1) is 11.3 Å². The molecule has 0 spiro atoms. The molecule has 2 atom stereocenters. The lowest BCUT2D eigenvalue weighted by Crippen LogP contribution is -2.45. The number of aliphatic hydroxyl groups excluding tert-OH is 1. The fourth-order valence-corrected chi connectivity index (χ4v) is 2.97. The van der Waals surface area contributed by atoms with Crippen LogP contribution in [0.15, 0.2) is 11.6 Å². The summed E-state index contributed by atoms with van der Waals surface area (Å²) in [6.45, 7) is 4.49. The van der Waals surface area contributed by atoms with Crippen LogP contribution in [0, 0.1) is 5.92 Å². The highest BCUT2D eigenvalue weighted by atomic mass is 32.1. The number of aromatic nitrogens is 1. The first-order valence-corrected chi connectivity index (χ1v) is 6.42. The minimum absolute atomic E-state index is 0.270. The highest BCUT2D eigenvalue weighted by Crippen LogP contribution is 2.24. The van der Waals surface area contributed by atoms with Crippen LogP contribution in [0.4, 0.5) is 0 Å². The van der Waals surface area contributed by atoms with E-state index < -0.39 is 0 Å². The molecule has 0 saturated carbocycles. The smallest absolute Gasteiger partial charge is 0.107 e. The van der Waals surface area contributed by atoms with Crippen LogP contribution in [0.3, 0.4) is 0 Å². The minimum atomic E-state index is 0.270. The van der Waals surface area contributed by atoms with Gasteiger partial charge in [0.1, 0.15) is 5.01 Å². The van der Waals surface area contributed by atoms with Gasteiger partial charge in [0.25, 0.3) is 0 Å². The first-order valence-electron chi connectivity index (χ1n) is 5.54. The molecule has 0 bridgehead atoms. The summed E-state index contributed by atoms with van der Waals surface area (Å²) in [7, 11) is 0. The molecule has 0 radical (unpaired) electrons. The van der Waals surface area contributed by atoms with Crippen LogP contribution < -0.4 is 0 Å². The fourth-order valence-electron chi connectivity index (χ4n) is 2.33. The van der Waals surface area contributed by atoms with E-state index in [4.69, 9.17) is 0 Å². The molecule has 0 amide bonds. The average molecular weight is 226 g/mol. The summed E-state index contributed by atoms with van der Waals surface area (Å²) in [6.07, 6.45) is 4.32. The van der Waals surface area contributed by atoms with Crippen LogP contribution in [0.5, 0.6) is 0 Å². The second-order valence-electron chi connectivity index (χ2n) is 4.27. The number of aliphatic hydroxyl groups is 1. The fraction of sp³-hybridized carbons (Fsp3) is 0.727. The van der Waals surface area contributed by atoms with Gasteiger partial charge in [-0.2, -0.15) is 0 Å². The van der Waals surface area contributed by atoms with E-state index >= 15 is 0 Å². The topological polar surface area (TPSA) is 36.4 Å². The molecule has 15 heavy (non-hydrogen) atoms. The number of nitrogens with zero attached hydrogens (tertiary/aromatic N) is 2. The lowest BCUT2D eigenvalue weighted by atomic mass is 9.91. The van der Waals surface area contributed by atoms with Crippen molar-refractivity contribution < 1.29 is 5.11 Å². The molecule has 2 unspecified atom stereocenters. The van der Waals surface area contributed by atoms with Gasteiger partial charge in [0, 0.05) is 17.6 Å². The second kappa shape index (κ2) is 5.05. The van der Waals surface area contributed by atoms with E-state index in [0.717, 1.165) is 18.1 Å². The number of likely N-dealkylation sites (tertiary alicyclic amines) is 1. The predicted octanol–water partition coefficient (Wildman–Crippen LogP) is 1.74. The summed E-state index contributed by atoms with van der Waals surface area (Å²) >= 11 is 1.70. The Morgan fingerprint density at radius 1 is 1.67 bits per heavy atom. The van der Waals surface area contributed by atoms with Crippen molar-refractivity contribution >= 4 is 11.3 Å². The van der Waals surface area contributed by atoms with Gasteiger partial charge in [0.2, 0.25) is 0 Å². The van der Waals surface area contributed by atoms with E-state index in [9.17, 15) is 5.11 Å². The zero-order chi connectivity index (χ0) is 10.7. The van der Waals surface area contributed by atoms with Crippen molar-refractivity contribution in [3.05, 3.63) is 16.6 Å². The number of hydrogen-bond acceptors (Lipinski definition) is 4. The lowest BCUT2D eigenvalue weighted by Gasteiger charge is -2.38. The zero-order valence-electron chi connectivity index (χ0n) is 9.09. The largest absolute Gasteiger partial charge is 0.395 e. The molecule has 0 aromatic carbocycles. The first-order chi connectivity index (χ1) is 7.31. The van der Waals surface area contributed by atoms with Gasteiger partial charge in [0.05, 0.1) is 13.2 Å². The van der Waals surface area contributed by atoms with E-state index in [0.29, 0.717) is 12.0 Å². The van der Waals surface area contributed by atoms with Gasteiger partial charge in [0.15, 0.2) is 0 Å². The van der Waals surface area contributed by atoms with Gasteiger partial charge >= 0.3 is 0 Å². The molecule has 1 N–H and O–H groups in total. The molecule has 1 aliphatic heterocycles. The van der Waals surface area contributed by atoms with E-state index in [2.05, 4.69) is 16.8 Å². The monoisotopic (exact) mass is 226 g/mol. The van der Waals surface area contributed by atoms with Crippen LogP contribution in [-0.2, 0) is 6.54 Å². The van der Waals surface area contributed by atoms with Crippen LogP contribution >= 0.6 is 11.3 Å². The van der Waals surface area contributed by atoms with Crippen molar-refractivity contribution in [2.45, 2.75) is 32.4 Å². The van der Waals surface area contributed by atoms with Gasteiger partial charge < -0.3 is 5.11 Å². The Balaban J connectivity index is 2.00. The highest BCUT2D eigenvalue weighted by Gasteiger charge is 2.28. The van der Waals surface area contributed by atoms with E-state index in [-0.39, 0.29) is 6.61 Å². The molecular weight excluding hydrogens is 208 g/mol. The molecule has 1 saturated heterocycles. The highest BCUT2D eigenvalue weighted by molar-refractivity contribution is 7.09. The van der Waals surface area contributed by atoms with E-state index in [1.54, 1.807) is 11.3 Å². The summed E-state index contributed by atoms with van der Waals surface area (Å²) in [6, 6.07) is 0.322. The second-order valence-corrected chi connectivity index (χ2v) is 5.24. The van der Waals surface area contributed by atoms with Crippen molar-refractivity contribution in [1.82, 2.24) is 9.88 Å². The Kier molecular flexibility index (Phi) is 3.72. The van der Waals surface area contributed by atoms with Crippen LogP contribution in [0.2, 0.25) is 0 Å². The summed E-state index contributed by atoms with van der Waals surface area (Å²) in [5.74, 6) is 0.601. The normalized spacial score (nSPS) is 28.1. The number of thiazole rings is 1. The molecule has 0 aliphatic carbocycles. The summed E-state index contributed by atoms with van der Waals surface area (Å²) in [4.78, 5) is 6.67. The Morgan fingerprint density at radius 3 is 3.20 bits per heavy atom. The van der Waals surface area contributed by atoms with Crippen molar-refractivity contribution in [3.8, 4) is 0 Å². The van der Waals surface area contributed by atoms with Gasteiger partial charge in [-0.3, -0.25) is 4.90 Å². The Labute approximate surface area is 94.8 Å². The van der Waals surface area contributed by atoms with Crippen molar-refractivity contribution in [2.24, 2.45) is 5.92 Å². The molecule has 1 aliphatic rings. The number of rotatable bonds is 3. The number of piperidine rings is 1. The maximum Gasteiger partial charge on any atom is 0.107 e. The molecule has 2 heterocycles. The Bertz CT molecular complexity index is 289. The Morgan fingerprint density at radius 2 is 2.53 bits per heavy atom. The predicted molar refractivity (Wildman–Crippen MR) is 61.8 cm³/mol. The summed E-state index contributed by atoms with van der Waals surface area (Å²) < 4.78 is 0. The summed E-state index contributed by atoms with van der Waals surface area (Å²) in [5, 5.41) is 12.6. The van der Waals surface area contributed by atoms with Gasteiger partial charge in [-0.25, -0.2) is 4.98 Å². The third-order valence-corrected chi connectivity index (χ3v) is 4.00. The van der Waals surface area contributed by atoms with Crippen molar-refractivity contribution in [2.75, 3.05) is 13.2 Å². The average Bonchev–Trinajstić information content (AvgIpc) is 2.71. The van der Waals surface area contributed by atoms with Gasteiger partial charge in [-0.05, 0) is 25.3 Å². The first kappa shape index (κ1) is 11.0. The van der Waals surface area contributed by atoms with Gasteiger partial charge in [-0.1, -0.05) is 6.92 Å². The molecular formula is C11H18N2OS. The standard InChI is InChI=1S/C11H18N2OS/c1-9-3-2-5-13(10(9)8-14)7-11-12-4-6-15-11/h4,6,9-10,14H,2-3,5,7-8H2,1H3. The maximum atomic E-state index is 9.40. The molecule has 1 aromatic rings. The number of hydrogen-bond donors (Lipinski definition) is 1. The van der Waals surface area contributed by atoms with Crippen molar-refractivity contribution in [1.29, 1.82) is 0 Å². The summed E-state index contributed by atoms with van der Waals surface area (Å²) in [5.41, 5.74) is 0. The third kappa shape index (κ3) is 2.56. The molecule has 4 heteroatoms. The van der Waals surface area contributed by atoms with Crippen LogP contribution in [0.1, 0.15) is 24.8 Å². The quantitative estimate of drug-likeness (QED) is 0.853. The molecule has 2 rings (SSSR count). The maximum absolute atomic E-state index is 9.40. The van der Waals surface area contributed by atoms with E-state index in [1.807, 2.05) is 11.6 Å². The minimum Gasteiger partial charge on any atom is -0.395 e. The van der Waals surface area contributed by atoms with Crippen LogP contribution in [-0.4, -0.2) is 34.2 Å². The molecule has 1 aromatic heterocycles. The van der Waals surface area contributed by atoms with E-state index in [1.165, 1.54) is 12.8 Å². The third-order valence-electron chi connectivity index (χ3n) is 3.24. The molecule has 3 nitrogen and oxygen atoms in total. The molecule has 1 fully saturated rings. The SMILES string of the molecule is CC1CCCN(Cc2nccs2)C1CO. The molecule has 84 valence electrons. The lowest BCUT2D eigenvalue weighted by molar-refractivity contribution is 0.0472. The van der Waals surface area contributed by atoms with Crippen molar-refractivity contribution in [3.63, 3.8) is 0 Å². The Hall–Kier alpha value is -0.450.